The van der Waals surface area contributed by atoms with Crippen LogP contribution < -0.4 is 5.32 Å². The summed E-state index contributed by atoms with van der Waals surface area (Å²) in [5, 5.41) is 12.2. The maximum Gasteiger partial charge on any atom is 0.208 e. The minimum absolute atomic E-state index is 0.367. The van der Waals surface area contributed by atoms with Gasteiger partial charge in [0, 0.05) is 11.3 Å². The van der Waals surface area contributed by atoms with Gasteiger partial charge in [-0.25, -0.2) is 4.98 Å². The fourth-order valence-electron chi connectivity index (χ4n) is 3.14. The van der Waals surface area contributed by atoms with E-state index in [2.05, 4.69) is 58.6 Å². The first-order valence-corrected chi connectivity index (χ1v) is 8.45. The lowest BCUT2D eigenvalue weighted by Gasteiger charge is -2.36. The molecule has 0 amide bonds. The van der Waals surface area contributed by atoms with Crippen LogP contribution in [0.25, 0.3) is 0 Å². The second-order valence-electron chi connectivity index (χ2n) is 5.66. The third kappa shape index (κ3) is 2.99. The van der Waals surface area contributed by atoms with Crippen LogP contribution in [0.15, 0.2) is 29.4 Å². The molecule has 1 aromatic carbocycles. The molecule has 3 rings (SSSR count). The fraction of sp³-hybridized carbons (Fsp3) is 0.500. The largest absolute Gasteiger partial charge is 0.309 e. The van der Waals surface area contributed by atoms with Crippen LogP contribution in [0.2, 0.25) is 0 Å². The van der Waals surface area contributed by atoms with Crippen molar-refractivity contribution in [2.24, 2.45) is 0 Å². The van der Waals surface area contributed by atoms with Crippen molar-refractivity contribution < 1.29 is 0 Å². The Morgan fingerprint density at radius 1 is 1.33 bits per heavy atom. The molecule has 0 spiro atoms. The number of nitrogens with one attached hydrogen (secondary N) is 2. The summed E-state index contributed by atoms with van der Waals surface area (Å²) in [6.45, 7) is 7.40. The Kier molecular flexibility index (Phi) is 4.31. The van der Waals surface area contributed by atoms with Crippen LogP contribution in [0.3, 0.4) is 0 Å². The molecule has 2 aromatic rings. The van der Waals surface area contributed by atoms with E-state index in [1.807, 2.05) is 6.92 Å². The molecule has 2 N–H and O–H groups in total. The predicted octanol–water partition coefficient (Wildman–Crippen LogP) is 3.43. The molecule has 112 valence electrons. The van der Waals surface area contributed by atoms with Crippen molar-refractivity contribution in [3.63, 3.8) is 0 Å². The Labute approximate surface area is 130 Å². The first-order chi connectivity index (χ1) is 10.2. The van der Waals surface area contributed by atoms with Crippen molar-refractivity contribution in [2.45, 2.75) is 49.6 Å². The van der Waals surface area contributed by atoms with Crippen molar-refractivity contribution in [3.8, 4) is 0 Å². The molecular formula is C16H22N4S. The Morgan fingerprint density at radius 3 is 2.76 bits per heavy atom. The molecule has 5 heteroatoms. The first-order valence-electron chi connectivity index (χ1n) is 7.57. The number of aromatic amines is 1. The predicted molar refractivity (Wildman–Crippen MR) is 86.7 cm³/mol. The average molecular weight is 302 g/mol. The molecule has 1 aliphatic carbocycles. The second-order valence-corrected chi connectivity index (χ2v) is 6.87. The van der Waals surface area contributed by atoms with Gasteiger partial charge in [-0.1, -0.05) is 49.9 Å². The van der Waals surface area contributed by atoms with Crippen molar-refractivity contribution in [3.05, 3.63) is 41.2 Å². The van der Waals surface area contributed by atoms with Gasteiger partial charge in [-0.05, 0) is 36.9 Å². The molecule has 21 heavy (non-hydrogen) atoms. The molecule has 4 nitrogen and oxygen atoms in total. The maximum absolute atomic E-state index is 4.45. The number of hydrogen-bond donors (Lipinski definition) is 2. The summed E-state index contributed by atoms with van der Waals surface area (Å²) >= 11 is 1.78. The van der Waals surface area contributed by atoms with E-state index in [0.29, 0.717) is 17.2 Å². The number of aromatic nitrogens is 3. The number of aryl methyl sites for hydroxylation is 1. The average Bonchev–Trinajstić information content (AvgIpc) is 2.88. The summed E-state index contributed by atoms with van der Waals surface area (Å²) in [4.78, 5) is 4.45. The van der Waals surface area contributed by atoms with E-state index in [9.17, 15) is 0 Å². The minimum Gasteiger partial charge on any atom is -0.309 e. The van der Waals surface area contributed by atoms with Gasteiger partial charge in [0.05, 0.1) is 0 Å². The molecule has 0 aliphatic heterocycles. The van der Waals surface area contributed by atoms with E-state index >= 15 is 0 Å². The highest BCUT2D eigenvalue weighted by Crippen LogP contribution is 2.44. The van der Waals surface area contributed by atoms with Crippen molar-refractivity contribution >= 4 is 11.8 Å². The van der Waals surface area contributed by atoms with E-state index in [0.717, 1.165) is 23.9 Å². The normalized spacial score (nSPS) is 24.8. The van der Waals surface area contributed by atoms with E-state index in [-0.39, 0.29) is 0 Å². The van der Waals surface area contributed by atoms with Crippen LogP contribution in [0.5, 0.6) is 0 Å². The zero-order chi connectivity index (χ0) is 14.8. The third-order valence-corrected chi connectivity index (χ3v) is 5.24. The van der Waals surface area contributed by atoms with Gasteiger partial charge < -0.3 is 5.32 Å². The number of rotatable bonds is 4. The molecule has 0 saturated carbocycles. The van der Waals surface area contributed by atoms with E-state index in [4.69, 9.17) is 0 Å². The van der Waals surface area contributed by atoms with E-state index in [1.54, 1.807) is 11.8 Å². The number of hydrogen-bond acceptors (Lipinski definition) is 4. The van der Waals surface area contributed by atoms with Gasteiger partial charge in [-0.2, -0.15) is 0 Å². The molecule has 0 bridgehead atoms. The standard InChI is InChI=1S/C16H22N4S/c1-4-17-15-13-8-6-5-7-12(13)10(2)9-14(15)21-16-18-11(3)19-20-16/h5-8,10,14-15,17H,4,9H2,1-3H3,(H,18,19,20). The molecule has 0 radical (unpaired) electrons. The van der Waals surface area contributed by atoms with Gasteiger partial charge in [0.25, 0.3) is 0 Å². The molecule has 1 heterocycles. The van der Waals surface area contributed by atoms with Crippen LogP contribution >= 0.6 is 11.8 Å². The number of H-pyrrole nitrogens is 1. The zero-order valence-electron chi connectivity index (χ0n) is 12.8. The molecule has 1 aromatic heterocycles. The SMILES string of the molecule is CCNC1c2ccccc2C(C)CC1Sc1n[nH]c(C)n1. The van der Waals surface area contributed by atoms with Crippen molar-refractivity contribution in [1.29, 1.82) is 0 Å². The van der Waals surface area contributed by atoms with Crippen LogP contribution in [-0.2, 0) is 0 Å². The third-order valence-electron chi connectivity index (χ3n) is 4.08. The maximum atomic E-state index is 4.45. The Balaban J connectivity index is 1.89. The van der Waals surface area contributed by atoms with Gasteiger partial charge in [0.1, 0.15) is 5.82 Å². The summed E-state index contributed by atoms with van der Waals surface area (Å²) in [7, 11) is 0. The van der Waals surface area contributed by atoms with E-state index < -0.39 is 0 Å². The number of nitrogens with zero attached hydrogens (tertiary/aromatic N) is 2. The summed E-state index contributed by atoms with van der Waals surface area (Å²) in [6.07, 6.45) is 1.15. The first kappa shape index (κ1) is 14.6. The number of benzene rings is 1. The summed E-state index contributed by atoms with van der Waals surface area (Å²) in [5.41, 5.74) is 2.91. The molecule has 0 saturated heterocycles. The molecule has 3 unspecified atom stereocenters. The van der Waals surface area contributed by atoms with Crippen molar-refractivity contribution in [1.82, 2.24) is 20.5 Å². The summed E-state index contributed by atoms with van der Waals surface area (Å²) in [5.74, 6) is 1.45. The molecule has 3 atom stereocenters. The summed E-state index contributed by atoms with van der Waals surface area (Å²) in [6, 6.07) is 9.17. The molecule has 1 aliphatic rings. The highest BCUT2D eigenvalue weighted by Gasteiger charge is 2.33. The fourth-order valence-corrected chi connectivity index (χ4v) is 4.47. The Hall–Kier alpha value is -1.33. The van der Waals surface area contributed by atoms with Crippen LogP contribution in [0.4, 0.5) is 0 Å². The lowest BCUT2D eigenvalue weighted by molar-refractivity contribution is 0.453. The number of fused-ring (bicyclic) bond motifs is 1. The number of thioether (sulfide) groups is 1. The van der Waals surface area contributed by atoms with Gasteiger partial charge in [0.2, 0.25) is 5.16 Å². The van der Waals surface area contributed by atoms with E-state index in [1.165, 1.54) is 11.1 Å². The zero-order valence-corrected chi connectivity index (χ0v) is 13.6. The van der Waals surface area contributed by atoms with Crippen LogP contribution in [0.1, 0.15) is 49.2 Å². The smallest absolute Gasteiger partial charge is 0.208 e. The molecular weight excluding hydrogens is 280 g/mol. The highest BCUT2D eigenvalue weighted by atomic mass is 32.2. The quantitative estimate of drug-likeness (QED) is 0.908. The minimum atomic E-state index is 0.367. The van der Waals surface area contributed by atoms with Gasteiger partial charge in [-0.3, -0.25) is 5.10 Å². The van der Waals surface area contributed by atoms with Gasteiger partial charge in [-0.15, -0.1) is 5.10 Å². The summed E-state index contributed by atoms with van der Waals surface area (Å²) < 4.78 is 0. The molecule has 0 fully saturated rings. The highest BCUT2D eigenvalue weighted by molar-refractivity contribution is 7.99. The lowest BCUT2D eigenvalue weighted by Crippen LogP contribution is -2.35. The Morgan fingerprint density at radius 2 is 2.10 bits per heavy atom. The van der Waals surface area contributed by atoms with Gasteiger partial charge in [0.15, 0.2) is 0 Å². The Bertz CT molecular complexity index is 610. The van der Waals surface area contributed by atoms with Crippen molar-refractivity contribution in [2.75, 3.05) is 6.54 Å². The van der Waals surface area contributed by atoms with Crippen LogP contribution in [0, 0.1) is 6.92 Å². The lowest BCUT2D eigenvalue weighted by atomic mass is 9.80. The van der Waals surface area contributed by atoms with Crippen LogP contribution in [-0.4, -0.2) is 27.0 Å². The second kappa shape index (κ2) is 6.20. The topological polar surface area (TPSA) is 53.6 Å². The monoisotopic (exact) mass is 302 g/mol. The van der Waals surface area contributed by atoms with Gasteiger partial charge >= 0.3 is 0 Å².